The van der Waals surface area contributed by atoms with Gasteiger partial charge < -0.3 is 14.3 Å². The van der Waals surface area contributed by atoms with Crippen molar-refractivity contribution in [2.75, 3.05) is 6.61 Å². The molecule has 4 rings (SSSR count). The van der Waals surface area contributed by atoms with Crippen LogP contribution in [-0.4, -0.2) is 28.7 Å². The molecule has 0 amide bonds. The molecule has 0 spiro atoms. The molecule has 1 aliphatic rings. The standard InChI is InChI=1S/C23H24N2O4/c1-15-19(25-22(29-15)17-5-3-2-4-6-17)13-14-28-18-9-7-16(8-10-18)20-11-12-21(24-20)23(26)27/h2-10,20-21,24H,11-14H2,1H3,(H,26,27)/t20-,21-/m0/s1. The van der Waals surface area contributed by atoms with Gasteiger partial charge in [0.1, 0.15) is 17.6 Å². The molecule has 0 aliphatic carbocycles. The maximum Gasteiger partial charge on any atom is 0.320 e. The summed E-state index contributed by atoms with van der Waals surface area (Å²) < 4.78 is 11.6. The Morgan fingerprint density at radius 1 is 1.17 bits per heavy atom. The molecule has 0 saturated carbocycles. The molecule has 1 saturated heterocycles. The van der Waals surface area contributed by atoms with Gasteiger partial charge in [0, 0.05) is 18.0 Å². The van der Waals surface area contributed by atoms with E-state index in [9.17, 15) is 4.79 Å². The molecule has 0 unspecified atom stereocenters. The lowest BCUT2D eigenvalue weighted by molar-refractivity contribution is -0.139. The average Bonchev–Trinajstić information content (AvgIpc) is 3.37. The van der Waals surface area contributed by atoms with E-state index in [0.29, 0.717) is 25.3 Å². The molecule has 2 N–H and O–H groups in total. The fourth-order valence-electron chi connectivity index (χ4n) is 3.63. The molecule has 29 heavy (non-hydrogen) atoms. The number of benzene rings is 2. The summed E-state index contributed by atoms with van der Waals surface area (Å²) in [6, 6.07) is 17.3. The van der Waals surface area contributed by atoms with E-state index in [1.807, 2.05) is 61.5 Å². The molecule has 2 aromatic carbocycles. The fourth-order valence-corrected chi connectivity index (χ4v) is 3.63. The summed E-state index contributed by atoms with van der Waals surface area (Å²) in [4.78, 5) is 15.7. The molecular formula is C23H24N2O4. The number of rotatable bonds is 7. The number of aliphatic carboxylic acids is 1. The Bertz CT molecular complexity index is 966. The Labute approximate surface area is 169 Å². The van der Waals surface area contributed by atoms with Crippen LogP contribution in [0.5, 0.6) is 5.75 Å². The van der Waals surface area contributed by atoms with E-state index in [4.69, 9.17) is 14.3 Å². The zero-order chi connectivity index (χ0) is 20.2. The van der Waals surface area contributed by atoms with Crippen LogP contribution < -0.4 is 10.1 Å². The summed E-state index contributed by atoms with van der Waals surface area (Å²) >= 11 is 0. The third kappa shape index (κ3) is 4.49. The second kappa shape index (κ2) is 8.49. The number of nitrogens with zero attached hydrogens (tertiary/aromatic N) is 1. The first-order valence-electron chi connectivity index (χ1n) is 9.83. The molecule has 0 radical (unpaired) electrons. The third-order valence-electron chi connectivity index (χ3n) is 5.25. The predicted octanol–water partition coefficient (Wildman–Crippen LogP) is 4.15. The molecule has 1 aromatic heterocycles. The summed E-state index contributed by atoms with van der Waals surface area (Å²) in [5.74, 6) is 1.44. The molecule has 1 fully saturated rings. The highest BCUT2D eigenvalue weighted by molar-refractivity contribution is 5.74. The number of hydrogen-bond acceptors (Lipinski definition) is 5. The Morgan fingerprint density at radius 2 is 1.93 bits per heavy atom. The van der Waals surface area contributed by atoms with Crippen molar-refractivity contribution in [2.45, 2.75) is 38.3 Å². The van der Waals surface area contributed by atoms with Gasteiger partial charge in [0.25, 0.3) is 0 Å². The molecule has 6 nitrogen and oxygen atoms in total. The maximum absolute atomic E-state index is 11.1. The van der Waals surface area contributed by atoms with Crippen molar-refractivity contribution in [3.63, 3.8) is 0 Å². The van der Waals surface area contributed by atoms with Gasteiger partial charge in [-0.2, -0.15) is 0 Å². The normalized spacial score (nSPS) is 18.7. The number of aromatic nitrogens is 1. The van der Waals surface area contributed by atoms with Gasteiger partial charge in [-0.3, -0.25) is 10.1 Å². The van der Waals surface area contributed by atoms with Gasteiger partial charge in [0.2, 0.25) is 5.89 Å². The first-order chi connectivity index (χ1) is 14.1. The largest absolute Gasteiger partial charge is 0.493 e. The van der Waals surface area contributed by atoms with E-state index in [1.165, 1.54) is 0 Å². The Morgan fingerprint density at radius 3 is 2.62 bits per heavy atom. The van der Waals surface area contributed by atoms with Gasteiger partial charge in [-0.15, -0.1) is 0 Å². The van der Waals surface area contributed by atoms with E-state index >= 15 is 0 Å². The summed E-state index contributed by atoms with van der Waals surface area (Å²) in [6.07, 6.45) is 2.14. The van der Waals surface area contributed by atoms with Crippen molar-refractivity contribution in [3.8, 4) is 17.2 Å². The Balaban J connectivity index is 1.31. The number of nitrogens with one attached hydrogen (secondary N) is 1. The van der Waals surface area contributed by atoms with Crippen molar-refractivity contribution >= 4 is 5.97 Å². The van der Waals surface area contributed by atoms with Gasteiger partial charge in [-0.25, -0.2) is 4.98 Å². The van der Waals surface area contributed by atoms with Crippen LogP contribution >= 0.6 is 0 Å². The average molecular weight is 392 g/mol. The highest BCUT2D eigenvalue weighted by atomic mass is 16.5. The van der Waals surface area contributed by atoms with Gasteiger partial charge in [0.05, 0.1) is 12.3 Å². The minimum atomic E-state index is -0.786. The molecule has 150 valence electrons. The van der Waals surface area contributed by atoms with Crippen molar-refractivity contribution in [1.29, 1.82) is 0 Å². The predicted molar refractivity (Wildman–Crippen MR) is 109 cm³/mol. The number of carboxylic acids is 1. The van der Waals surface area contributed by atoms with E-state index in [0.717, 1.165) is 34.8 Å². The van der Waals surface area contributed by atoms with Crippen LogP contribution in [0.15, 0.2) is 59.0 Å². The highest BCUT2D eigenvalue weighted by Crippen LogP contribution is 2.28. The van der Waals surface area contributed by atoms with Crippen molar-refractivity contribution in [2.24, 2.45) is 0 Å². The number of hydrogen-bond donors (Lipinski definition) is 2. The lowest BCUT2D eigenvalue weighted by Gasteiger charge is -2.13. The number of ether oxygens (including phenoxy) is 1. The third-order valence-corrected chi connectivity index (χ3v) is 5.25. The minimum Gasteiger partial charge on any atom is -0.493 e. The number of carbonyl (C=O) groups is 1. The first kappa shape index (κ1) is 19.2. The topological polar surface area (TPSA) is 84.6 Å². The Kier molecular flexibility index (Phi) is 5.62. The maximum atomic E-state index is 11.1. The summed E-state index contributed by atoms with van der Waals surface area (Å²) in [7, 11) is 0. The SMILES string of the molecule is Cc1oc(-c2ccccc2)nc1CCOc1ccc([C@@H]2CC[C@@H](C(=O)O)N2)cc1. The molecule has 3 aromatic rings. The lowest BCUT2D eigenvalue weighted by Crippen LogP contribution is -2.31. The first-order valence-corrected chi connectivity index (χ1v) is 9.83. The molecule has 1 aliphatic heterocycles. The fraction of sp³-hybridized carbons (Fsp3) is 0.304. The van der Waals surface area contributed by atoms with Crippen LogP contribution in [0.1, 0.15) is 35.9 Å². The number of carboxylic acid groups (broad SMARTS) is 1. The van der Waals surface area contributed by atoms with E-state index in [1.54, 1.807) is 0 Å². The quantitative estimate of drug-likeness (QED) is 0.628. The molecular weight excluding hydrogens is 368 g/mol. The highest BCUT2D eigenvalue weighted by Gasteiger charge is 2.29. The van der Waals surface area contributed by atoms with E-state index in [2.05, 4.69) is 10.3 Å². The van der Waals surface area contributed by atoms with Crippen LogP contribution in [0, 0.1) is 6.92 Å². The summed E-state index contributed by atoms with van der Waals surface area (Å²) in [5.41, 5.74) is 2.94. The minimum absolute atomic E-state index is 0.0827. The number of aryl methyl sites for hydroxylation is 1. The van der Waals surface area contributed by atoms with E-state index in [-0.39, 0.29) is 6.04 Å². The monoisotopic (exact) mass is 392 g/mol. The molecule has 6 heteroatoms. The van der Waals surface area contributed by atoms with Gasteiger partial charge >= 0.3 is 5.97 Å². The van der Waals surface area contributed by atoms with Crippen molar-refractivity contribution in [3.05, 3.63) is 71.6 Å². The van der Waals surface area contributed by atoms with E-state index < -0.39 is 12.0 Å². The Hall–Kier alpha value is -3.12. The van der Waals surface area contributed by atoms with Gasteiger partial charge in [-0.1, -0.05) is 30.3 Å². The smallest absolute Gasteiger partial charge is 0.320 e. The van der Waals surface area contributed by atoms with Crippen LogP contribution in [0.3, 0.4) is 0 Å². The van der Waals surface area contributed by atoms with Gasteiger partial charge in [0.15, 0.2) is 0 Å². The van der Waals surface area contributed by atoms with Crippen molar-refractivity contribution in [1.82, 2.24) is 10.3 Å². The van der Waals surface area contributed by atoms with Crippen LogP contribution in [0.4, 0.5) is 0 Å². The summed E-state index contributed by atoms with van der Waals surface area (Å²) in [5, 5.41) is 12.3. The van der Waals surface area contributed by atoms with Crippen LogP contribution in [0.25, 0.3) is 11.5 Å². The van der Waals surface area contributed by atoms with Gasteiger partial charge in [-0.05, 0) is 49.6 Å². The second-order valence-corrected chi connectivity index (χ2v) is 7.24. The second-order valence-electron chi connectivity index (χ2n) is 7.24. The van der Waals surface area contributed by atoms with Crippen LogP contribution in [0.2, 0.25) is 0 Å². The van der Waals surface area contributed by atoms with Crippen molar-refractivity contribution < 1.29 is 19.1 Å². The molecule has 0 bridgehead atoms. The summed E-state index contributed by atoms with van der Waals surface area (Å²) in [6.45, 7) is 2.42. The zero-order valence-electron chi connectivity index (χ0n) is 16.3. The number of oxazole rings is 1. The zero-order valence-corrected chi connectivity index (χ0v) is 16.3. The molecule has 2 atom stereocenters. The van der Waals surface area contributed by atoms with Crippen LogP contribution in [-0.2, 0) is 11.2 Å². The lowest BCUT2D eigenvalue weighted by atomic mass is 10.1. The molecule has 2 heterocycles.